The molecule has 0 heterocycles. The van der Waals surface area contributed by atoms with Crippen molar-refractivity contribution in [3.05, 3.63) is 166 Å². The summed E-state index contributed by atoms with van der Waals surface area (Å²) in [6.07, 6.45) is 0.731. The molecule has 0 aliphatic carbocycles. The number of aliphatic imine (C=N–C) groups is 1. The fourth-order valence-corrected chi connectivity index (χ4v) is 9.74. The number of anilines is 1. The summed E-state index contributed by atoms with van der Waals surface area (Å²) in [4.78, 5) is 16.1. The number of carbonyl (C=O) groups excluding carboxylic acids is 1. The van der Waals surface area contributed by atoms with Crippen LogP contribution in [0.5, 0.6) is 23.0 Å². The van der Waals surface area contributed by atoms with Crippen LogP contribution in [-0.4, -0.2) is 94.8 Å². The number of azo groups is 2. The van der Waals surface area contributed by atoms with E-state index in [2.05, 4.69) is 30.8 Å². The van der Waals surface area contributed by atoms with Gasteiger partial charge in [-0.2, -0.15) is 32.2 Å². The molecule has 8 rings (SSSR count). The van der Waals surface area contributed by atoms with Gasteiger partial charge in [0.2, 0.25) is 0 Å². The first-order valence-corrected chi connectivity index (χ1v) is 25.6. The number of nitrogens with one attached hydrogen (secondary N) is 1. The Morgan fingerprint density at radius 2 is 1.09 bits per heavy atom. The van der Waals surface area contributed by atoms with E-state index in [4.69, 9.17) is 32.7 Å². The molecule has 75 heavy (non-hydrogen) atoms. The van der Waals surface area contributed by atoms with Crippen molar-refractivity contribution in [3.8, 4) is 23.0 Å². The third kappa shape index (κ3) is 13.6. The van der Waals surface area contributed by atoms with Crippen molar-refractivity contribution >= 4 is 149 Å². The average molecular weight is 1120 g/mol. The zero-order chi connectivity index (χ0) is 53.5. The van der Waals surface area contributed by atoms with Crippen molar-refractivity contribution in [2.45, 2.75) is 36.5 Å². The zero-order valence-electron chi connectivity index (χ0n) is 40.1. The van der Waals surface area contributed by atoms with Crippen LogP contribution in [0.15, 0.2) is 169 Å². The molecule has 0 radical (unpaired) electrons. The molecule has 0 aliphatic heterocycles. The molecular formula is C52H42CaCl2N6O12S2. The second kappa shape index (κ2) is 24.7. The zero-order valence-corrected chi connectivity index (χ0v) is 45.5. The number of halogens is 2. The van der Waals surface area contributed by atoms with Crippen molar-refractivity contribution in [1.29, 1.82) is 0 Å². The summed E-state index contributed by atoms with van der Waals surface area (Å²) in [7, 11) is -6.24. The number of phenolic OH excluding ortho intramolecular Hbond substituents is 1. The maximum Gasteiger partial charge on any atom is 2.00 e. The number of benzene rings is 8. The number of amides is 1. The van der Waals surface area contributed by atoms with Crippen molar-refractivity contribution in [2.24, 2.45) is 25.4 Å². The Balaban J connectivity index is 0.000000241. The van der Waals surface area contributed by atoms with Crippen LogP contribution in [0, 0.1) is 0 Å². The first kappa shape index (κ1) is 57.6. The standard InChI is InChI=1S/2C26H22ClN3O6S.Ca/c2*1-3-15-11-18(14-22(23(15)27)37(33,34)35)29-30-24-20-10-5-4-7-16(20)12-21(25(24)31)26(32)28-17-8-6-9-19(13-17)36-2;/h2*4-14,31H,3H2,1-2H3,(H,28,32)(H,33,34,35);/q;;+2/p-2. The summed E-state index contributed by atoms with van der Waals surface area (Å²) < 4.78 is 76.6. The molecule has 0 saturated carbocycles. The summed E-state index contributed by atoms with van der Waals surface area (Å²) in [5.74, 6) is -1.41. The molecule has 0 bridgehead atoms. The van der Waals surface area contributed by atoms with Gasteiger partial charge < -0.3 is 30.1 Å². The van der Waals surface area contributed by atoms with Gasteiger partial charge in [-0.15, -0.1) is 5.11 Å². The molecule has 8 aromatic rings. The maximum absolute atomic E-state index is 13.3. The van der Waals surface area contributed by atoms with E-state index < -0.39 is 53.3 Å². The van der Waals surface area contributed by atoms with E-state index >= 15 is 0 Å². The molecule has 0 aliphatic rings. The summed E-state index contributed by atoms with van der Waals surface area (Å²) in [5, 5.41) is 58.4. The van der Waals surface area contributed by atoms with Crippen LogP contribution >= 0.6 is 23.2 Å². The van der Waals surface area contributed by atoms with Gasteiger partial charge in [-0.1, -0.05) is 103 Å². The summed E-state index contributed by atoms with van der Waals surface area (Å²) in [6.45, 7) is 3.51. The number of aryl methyl sites for hydroxylation is 2. The maximum atomic E-state index is 13.3. The van der Waals surface area contributed by atoms with E-state index in [1.807, 2.05) is 0 Å². The van der Waals surface area contributed by atoms with Gasteiger partial charge >= 0.3 is 37.7 Å². The Labute approximate surface area is 470 Å². The molecule has 1 amide bonds. The number of hydrogen-bond acceptors (Lipinski definition) is 15. The van der Waals surface area contributed by atoms with Gasteiger partial charge in [0.15, 0.2) is 5.75 Å². The Morgan fingerprint density at radius 1 is 0.613 bits per heavy atom. The Hall–Kier alpha value is -6.72. The second-order valence-corrected chi connectivity index (χ2v) is 19.4. The minimum Gasteiger partial charge on any atom is -0.871 e. The summed E-state index contributed by atoms with van der Waals surface area (Å²) in [6, 6.07) is 35.2. The number of carbonyl (C=O) groups is 1. The Morgan fingerprint density at radius 3 is 1.61 bits per heavy atom. The van der Waals surface area contributed by atoms with Gasteiger partial charge in [-0.05, 0) is 107 Å². The van der Waals surface area contributed by atoms with E-state index in [-0.39, 0.29) is 81.7 Å². The predicted octanol–water partition coefficient (Wildman–Crippen LogP) is 11.5. The number of fused-ring (bicyclic) bond motifs is 2. The van der Waals surface area contributed by atoms with Crippen LogP contribution in [0.3, 0.4) is 0 Å². The second-order valence-electron chi connectivity index (χ2n) is 15.9. The van der Waals surface area contributed by atoms with Crippen molar-refractivity contribution in [3.63, 3.8) is 0 Å². The van der Waals surface area contributed by atoms with Gasteiger partial charge in [0.1, 0.15) is 27.0 Å². The monoisotopic (exact) mass is 1120 g/mol. The molecular weight excluding hydrogens is 1080 g/mol. The van der Waals surface area contributed by atoms with E-state index in [1.54, 1.807) is 111 Å². The number of aromatic hydroxyl groups is 1. The number of ether oxygens (including phenoxy) is 2. The normalized spacial score (nSPS) is 11.9. The van der Waals surface area contributed by atoms with Gasteiger partial charge in [0, 0.05) is 28.6 Å². The number of nitrogens with zero attached hydrogens (tertiary/aromatic N) is 5. The van der Waals surface area contributed by atoms with Crippen molar-refractivity contribution in [1.82, 2.24) is 0 Å². The molecule has 4 N–H and O–H groups in total. The molecule has 0 fully saturated rings. The molecule has 0 unspecified atom stereocenters. The largest absolute Gasteiger partial charge is 2.00 e. The number of rotatable bonds is 14. The van der Waals surface area contributed by atoms with Gasteiger partial charge in [-0.3, -0.25) is 18.9 Å². The SMILES string of the molecule is CCc1cc(N=Nc2c(O)c(C(=O)Nc3cccc(OC)c3)cc3ccccc23)cc(S(=O)(=O)O)c1Cl.CCc1cc(N=Nc2c([O-])c(C([O-])=Nc3cccc(OC)c3)cc3ccccc23)cc(S(=O)(=O)O)c1Cl.[Ca+2]. The molecule has 380 valence electrons. The number of hydrogen-bond donors (Lipinski definition) is 4. The topological polar surface area (TPSA) is 284 Å². The summed E-state index contributed by atoms with van der Waals surface area (Å²) in [5.41, 5.74) is 1.40. The first-order valence-electron chi connectivity index (χ1n) is 22.0. The molecule has 0 saturated heterocycles. The third-order valence-electron chi connectivity index (χ3n) is 11.1. The molecule has 8 aromatic carbocycles. The predicted molar refractivity (Wildman–Crippen MR) is 285 cm³/mol. The van der Waals surface area contributed by atoms with Crippen LogP contribution < -0.4 is 25.0 Å². The third-order valence-corrected chi connectivity index (χ3v) is 14.0. The van der Waals surface area contributed by atoms with E-state index in [1.165, 1.54) is 38.5 Å². The van der Waals surface area contributed by atoms with Crippen molar-refractivity contribution < 1.29 is 55.5 Å². The Bertz CT molecular complexity index is 3830. The van der Waals surface area contributed by atoms with Crippen LogP contribution in [0.2, 0.25) is 10.0 Å². The van der Waals surface area contributed by atoms with Gasteiger partial charge in [-0.25, -0.2) is 0 Å². The van der Waals surface area contributed by atoms with Gasteiger partial charge in [0.25, 0.3) is 26.1 Å². The van der Waals surface area contributed by atoms with Crippen LogP contribution in [-0.2, 0) is 33.1 Å². The van der Waals surface area contributed by atoms with Crippen LogP contribution in [0.1, 0.15) is 40.9 Å². The summed E-state index contributed by atoms with van der Waals surface area (Å²) >= 11 is 12.2. The van der Waals surface area contributed by atoms with E-state index in [0.717, 1.165) is 12.1 Å². The fourth-order valence-electron chi connectivity index (χ4n) is 7.42. The molecule has 0 spiro atoms. The fraction of sp³-hybridized carbons (Fsp3) is 0.115. The van der Waals surface area contributed by atoms with Crippen LogP contribution in [0.25, 0.3) is 21.5 Å². The molecule has 0 atom stereocenters. The van der Waals surface area contributed by atoms with Gasteiger partial charge in [0.05, 0.1) is 52.6 Å². The van der Waals surface area contributed by atoms with Crippen molar-refractivity contribution in [2.75, 3.05) is 19.5 Å². The number of phenols is 1. The quantitative estimate of drug-likeness (QED) is 0.0260. The smallest absolute Gasteiger partial charge is 0.871 e. The first-order chi connectivity index (χ1) is 35.2. The Kier molecular flexibility index (Phi) is 19.0. The molecule has 18 nitrogen and oxygen atoms in total. The average Bonchev–Trinajstić information content (AvgIpc) is 3.37. The molecule has 0 aromatic heterocycles. The minimum absolute atomic E-state index is 0. The van der Waals surface area contributed by atoms with Crippen LogP contribution in [0.4, 0.5) is 34.1 Å². The minimum atomic E-state index is -4.63. The van der Waals surface area contributed by atoms with E-state index in [0.29, 0.717) is 68.4 Å². The molecule has 23 heteroatoms. The van der Waals surface area contributed by atoms with E-state index in [9.17, 15) is 46.1 Å². The number of methoxy groups -OCH3 is 2.